The van der Waals surface area contributed by atoms with Gasteiger partial charge < -0.3 is 10.2 Å². The van der Waals surface area contributed by atoms with Crippen molar-refractivity contribution < 1.29 is 0 Å². The number of rotatable bonds is 4. The standard InChI is InChI=1S/C14H24N4/c1-10(2)6-8-18(4)14-12-9-15-7-5-13(12)16-11(3)17-14/h10,15H,5-9H2,1-4H3. The van der Waals surface area contributed by atoms with Crippen molar-refractivity contribution in [3.8, 4) is 0 Å². The molecule has 1 aliphatic rings. The number of aromatic nitrogens is 2. The smallest absolute Gasteiger partial charge is 0.136 e. The van der Waals surface area contributed by atoms with E-state index in [0.717, 1.165) is 43.6 Å². The number of aryl methyl sites for hydroxylation is 1. The molecule has 0 saturated carbocycles. The predicted octanol–water partition coefficient (Wildman–Crippen LogP) is 1.91. The maximum atomic E-state index is 4.64. The van der Waals surface area contributed by atoms with Gasteiger partial charge in [0.1, 0.15) is 11.6 Å². The molecular weight excluding hydrogens is 224 g/mol. The van der Waals surface area contributed by atoms with Crippen LogP contribution in [0, 0.1) is 12.8 Å². The van der Waals surface area contributed by atoms with Crippen molar-refractivity contribution in [2.75, 3.05) is 25.0 Å². The molecule has 1 aliphatic heterocycles. The normalized spacial score (nSPS) is 14.7. The Hall–Kier alpha value is -1.16. The fourth-order valence-electron chi connectivity index (χ4n) is 2.32. The van der Waals surface area contributed by atoms with Gasteiger partial charge in [0.05, 0.1) is 5.69 Å². The molecule has 0 amide bonds. The summed E-state index contributed by atoms with van der Waals surface area (Å²) >= 11 is 0. The Bertz CT molecular complexity index is 415. The zero-order chi connectivity index (χ0) is 13.1. The highest BCUT2D eigenvalue weighted by Crippen LogP contribution is 2.23. The van der Waals surface area contributed by atoms with Crippen LogP contribution in [-0.2, 0) is 13.0 Å². The van der Waals surface area contributed by atoms with E-state index in [1.54, 1.807) is 0 Å². The second kappa shape index (κ2) is 5.65. The number of nitrogens with zero attached hydrogens (tertiary/aromatic N) is 3. The van der Waals surface area contributed by atoms with E-state index in [9.17, 15) is 0 Å². The molecule has 4 heteroatoms. The lowest BCUT2D eigenvalue weighted by Crippen LogP contribution is -2.30. The van der Waals surface area contributed by atoms with Gasteiger partial charge in [-0.25, -0.2) is 9.97 Å². The Morgan fingerprint density at radius 2 is 2.11 bits per heavy atom. The summed E-state index contributed by atoms with van der Waals surface area (Å²) in [6, 6.07) is 0. The summed E-state index contributed by atoms with van der Waals surface area (Å²) in [6.07, 6.45) is 2.21. The van der Waals surface area contributed by atoms with Crippen LogP contribution in [0.1, 0.15) is 37.4 Å². The number of hydrogen-bond acceptors (Lipinski definition) is 4. The Morgan fingerprint density at radius 1 is 1.33 bits per heavy atom. The van der Waals surface area contributed by atoms with Crippen molar-refractivity contribution in [1.29, 1.82) is 0 Å². The van der Waals surface area contributed by atoms with Crippen molar-refractivity contribution in [3.63, 3.8) is 0 Å². The van der Waals surface area contributed by atoms with Crippen LogP contribution in [0.4, 0.5) is 5.82 Å². The molecule has 18 heavy (non-hydrogen) atoms. The molecule has 0 atom stereocenters. The maximum Gasteiger partial charge on any atom is 0.136 e. The van der Waals surface area contributed by atoms with Crippen molar-refractivity contribution in [2.45, 2.75) is 40.2 Å². The van der Waals surface area contributed by atoms with Crippen LogP contribution in [-0.4, -0.2) is 30.1 Å². The van der Waals surface area contributed by atoms with E-state index in [-0.39, 0.29) is 0 Å². The van der Waals surface area contributed by atoms with Crippen LogP contribution in [0.15, 0.2) is 0 Å². The van der Waals surface area contributed by atoms with Crippen LogP contribution in [0.3, 0.4) is 0 Å². The van der Waals surface area contributed by atoms with Gasteiger partial charge in [-0.2, -0.15) is 0 Å². The van der Waals surface area contributed by atoms with Gasteiger partial charge in [-0.3, -0.25) is 0 Å². The minimum Gasteiger partial charge on any atom is -0.359 e. The van der Waals surface area contributed by atoms with E-state index in [2.05, 4.69) is 41.1 Å². The first kappa shape index (κ1) is 13.3. The summed E-state index contributed by atoms with van der Waals surface area (Å²) in [5.41, 5.74) is 2.52. The zero-order valence-electron chi connectivity index (χ0n) is 12.0. The molecule has 1 N–H and O–H groups in total. The van der Waals surface area contributed by atoms with E-state index in [4.69, 9.17) is 0 Å². The van der Waals surface area contributed by atoms with Crippen LogP contribution in [0.2, 0.25) is 0 Å². The lowest BCUT2D eigenvalue weighted by molar-refractivity contribution is 0.577. The second-order valence-electron chi connectivity index (χ2n) is 5.55. The van der Waals surface area contributed by atoms with Gasteiger partial charge in [0, 0.05) is 38.7 Å². The number of fused-ring (bicyclic) bond motifs is 1. The molecule has 2 rings (SSSR count). The minimum atomic E-state index is 0.726. The molecule has 100 valence electrons. The first-order chi connectivity index (χ1) is 8.58. The minimum absolute atomic E-state index is 0.726. The van der Waals surface area contributed by atoms with Gasteiger partial charge >= 0.3 is 0 Å². The van der Waals surface area contributed by atoms with Gasteiger partial charge in [0.15, 0.2) is 0 Å². The summed E-state index contributed by atoms with van der Waals surface area (Å²) < 4.78 is 0. The molecule has 4 nitrogen and oxygen atoms in total. The number of anilines is 1. The highest BCUT2D eigenvalue weighted by atomic mass is 15.2. The van der Waals surface area contributed by atoms with Gasteiger partial charge in [-0.05, 0) is 19.3 Å². The average Bonchev–Trinajstić information content (AvgIpc) is 2.34. The Balaban J connectivity index is 2.23. The number of hydrogen-bond donors (Lipinski definition) is 1. The Labute approximate surface area is 110 Å². The summed E-state index contributed by atoms with van der Waals surface area (Å²) in [5.74, 6) is 2.73. The molecule has 0 unspecified atom stereocenters. The molecular formula is C14H24N4. The van der Waals surface area contributed by atoms with Gasteiger partial charge in [-0.15, -0.1) is 0 Å². The third-order valence-corrected chi connectivity index (χ3v) is 3.43. The second-order valence-corrected chi connectivity index (χ2v) is 5.55. The molecule has 1 aromatic heterocycles. The van der Waals surface area contributed by atoms with Crippen molar-refractivity contribution in [3.05, 3.63) is 17.1 Å². The van der Waals surface area contributed by atoms with Crippen molar-refractivity contribution in [2.24, 2.45) is 5.92 Å². The SMILES string of the molecule is Cc1nc2c(c(N(C)CCC(C)C)n1)CNCC2. The molecule has 1 aromatic rings. The molecule has 0 saturated heterocycles. The summed E-state index contributed by atoms with van der Waals surface area (Å²) in [5, 5.41) is 3.41. The van der Waals surface area contributed by atoms with E-state index in [1.165, 1.54) is 17.7 Å². The van der Waals surface area contributed by atoms with Crippen LogP contribution < -0.4 is 10.2 Å². The highest BCUT2D eigenvalue weighted by Gasteiger charge is 2.18. The topological polar surface area (TPSA) is 41.1 Å². The highest BCUT2D eigenvalue weighted by molar-refractivity contribution is 5.49. The zero-order valence-corrected chi connectivity index (χ0v) is 12.0. The molecule has 2 heterocycles. The van der Waals surface area contributed by atoms with Gasteiger partial charge in [0.25, 0.3) is 0 Å². The van der Waals surface area contributed by atoms with Crippen LogP contribution in [0.5, 0.6) is 0 Å². The van der Waals surface area contributed by atoms with E-state index in [1.807, 2.05) is 6.92 Å². The summed E-state index contributed by atoms with van der Waals surface area (Å²) in [4.78, 5) is 11.5. The molecule has 0 aliphatic carbocycles. The maximum absolute atomic E-state index is 4.64. The monoisotopic (exact) mass is 248 g/mol. The van der Waals surface area contributed by atoms with Crippen LogP contribution in [0.25, 0.3) is 0 Å². The molecule has 0 bridgehead atoms. The predicted molar refractivity (Wildman–Crippen MR) is 74.9 cm³/mol. The first-order valence-corrected chi connectivity index (χ1v) is 6.86. The van der Waals surface area contributed by atoms with E-state index >= 15 is 0 Å². The summed E-state index contributed by atoms with van der Waals surface area (Å²) in [6.45, 7) is 9.49. The Morgan fingerprint density at radius 3 is 2.83 bits per heavy atom. The fourth-order valence-corrected chi connectivity index (χ4v) is 2.32. The number of nitrogens with one attached hydrogen (secondary N) is 1. The van der Waals surface area contributed by atoms with Gasteiger partial charge in [-0.1, -0.05) is 13.8 Å². The van der Waals surface area contributed by atoms with Gasteiger partial charge in [0.2, 0.25) is 0 Å². The third-order valence-electron chi connectivity index (χ3n) is 3.43. The lowest BCUT2D eigenvalue weighted by atomic mass is 10.1. The Kier molecular flexibility index (Phi) is 4.17. The summed E-state index contributed by atoms with van der Waals surface area (Å²) in [7, 11) is 2.14. The largest absolute Gasteiger partial charge is 0.359 e. The average molecular weight is 248 g/mol. The fraction of sp³-hybridized carbons (Fsp3) is 0.714. The molecule has 0 spiro atoms. The van der Waals surface area contributed by atoms with Crippen molar-refractivity contribution in [1.82, 2.24) is 15.3 Å². The lowest BCUT2D eigenvalue weighted by Gasteiger charge is -2.26. The van der Waals surface area contributed by atoms with Crippen LogP contribution >= 0.6 is 0 Å². The molecule has 0 radical (unpaired) electrons. The van der Waals surface area contributed by atoms with E-state index in [0.29, 0.717) is 0 Å². The molecule has 0 aromatic carbocycles. The first-order valence-electron chi connectivity index (χ1n) is 6.86. The van der Waals surface area contributed by atoms with E-state index < -0.39 is 0 Å². The molecule has 0 fully saturated rings. The quantitative estimate of drug-likeness (QED) is 0.884. The third kappa shape index (κ3) is 2.99. The van der Waals surface area contributed by atoms with Crippen molar-refractivity contribution >= 4 is 5.82 Å².